The molecule has 33 heavy (non-hydrogen) atoms. The highest BCUT2D eigenvalue weighted by atomic mass is 28.3. The zero-order chi connectivity index (χ0) is 24.0. The molecule has 0 bridgehead atoms. The first kappa shape index (κ1) is 23.2. The third-order valence-electron chi connectivity index (χ3n) is 6.37. The van der Waals surface area contributed by atoms with Crippen LogP contribution in [0.15, 0.2) is 66.7 Å². The van der Waals surface area contributed by atoms with Crippen molar-refractivity contribution in [3.8, 4) is 28.5 Å². The third-order valence-corrected chi connectivity index (χ3v) is 8.43. The molecule has 0 aliphatic rings. The van der Waals surface area contributed by atoms with Gasteiger partial charge >= 0.3 is 0 Å². The average molecular weight is 454 g/mol. The third kappa shape index (κ3) is 4.58. The normalized spacial score (nSPS) is 12.2. The summed E-state index contributed by atoms with van der Waals surface area (Å²) >= 11 is 0. The Hall–Kier alpha value is -2.98. The smallest absolute Gasteiger partial charge is 0.169 e. The van der Waals surface area contributed by atoms with Gasteiger partial charge < -0.3 is 0 Å². The summed E-state index contributed by atoms with van der Waals surface area (Å²) in [5.74, 6) is 1.76. The summed E-state index contributed by atoms with van der Waals surface area (Å²) in [5, 5.41) is 10.9. The van der Waals surface area contributed by atoms with Crippen LogP contribution in [0.5, 0.6) is 0 Å². The highest BCUT2D eigenvalue weighted by Gasteiger charge is 2.22. The van der Waals surface area contributed by atoms with E-state index < -0.39 is 8.07 Å². The van der Waals surface area contributed by atoms with Gasteiger partial charge in [0.25, 0.3) is 0 Å². The van der Waals surface area contributed by atoms with Crippen molar-refractivity contribution in [3.63, 3.8) is 0 Å². The van der Waals surface area contributed by atoms with E-state index in [0.717, 1.165) is 28.5 Å². The quantitative estimate of drug-likeness (QED) is 0.310. The molecule has 1 heterocycles. The lowest BCUT2D eigenvalue weighted by Gasteiger charge is -2.20. The second-order valence-electron chi connectivity index (χ2n) is 11.1. The van der Waals surface area contributed by atoms with E-state index in [0.29, 0.717) is 0 Å². The largest absolute Gasteiger partial charge is 0.275 e. The van der Waals surface area contributed by atoms with E-state index in [9.17, 15) is 0 Å². The standard InChI is InChI=1S/C29H35N3Si/c1-20-10-9-11-21(2)26(20)28-31-30-27(22-12-18-25(19-13-22)33(6,7)8)32(28)24-16-14-23(15-17-24)29(3,4)5/h9-19H,1-8H3. The number of hydrogen-bond donors (Lipinski definition) is 0. The van der Waals surface area contributed by atoms with E-state index >= 15 is 0 Å². The Labute approximate surface area is 199 Å². The van der Waals surface area contributed by atoms with Gasteiger partial charge in [-0.15, -0.1) is 10.2 Å². The summed E-state index contributed by atoms with van der Waals surface area (Å²) in [6.07, 6.45) is 0. The Balaban J connectivity index is 1.93. The maximum atomic E-state index is 4.72. The zero-order valence-corrected chi connectivity index (χ0v) is 22.2. The fourth-order valence-electron chi connectivity index (χ4n) is 4.27. The molecule has 3 aromatic carbocycles. The molecule has 0 aliphatic carbocycles. The van der Waals surface area contributed by atoms with Crippen molar-refractivity contribution in [2.75, 3.05) is 0 Å². The van der Waals surface area contributed by atoms with Gasteiger partial charge in [-0.25, -0.2) is 0 Å². The second-order valence-corrected chi connectivity index (χ2v) is 16.2. The molecule has 4 heteroatoms. The van der Waals surface area contributed by atoms with Gasteiger partial charge in [0.2, 0.25) is 0 Å². The Kier molecular flexibility index (Phi) is 5.91. The molecule has 4 aromatic rings. The van der Waals surface area contributed by atoms with Gasteiger partial charge in [0.05, 0.1) is 8.07 Å². The molecule has 0 atom stereocenters. The van der Waals surface area contributed by atoms with Crippen LogP contribution in [0.3, 0.4) is 0 Å². The number of rotatable bonds is 4. The summed E-state index contributed by atoms with van der Waals surface area (Å²) < 4.78 is 2.21. The molecule has 0 N–H and O–H groups in total. The van der Waals surface area contributed by atoms with Crippen LogP contribution in [0, 0.1) is 13.8 Å². The van der Waals surface area contributed by atoms with Crippen LogP contribution in [0.1, 0.15) is 37.5 Å². The van der Waals surface area contributed by atoms with Crippen LogP contribution < -0.4 is 5.19 Å². The highest BCUT2D eigenvalue weighted by Crippen LogP contribution is 2.33. The maximum Gasteiger partial charge on any atom is 0.169 e. The molecule has 4 rings (SSSR count). The molecular weight excluding hydrogens is 418 g/mol. The van der Waals surface area contributed by atoms with Crippen LogP contribution in [0.4, 0.5) is 0 Å². The Morgan fingerprint density at radius 3 is 1.76 bits per heavy atom. The molecule has 0 fully saturated rings. The number of aromatic nitrogens is 3. The predicted molar refractivity (Wildman–Crippen MR) is 143 cm³/mol. The molecule has 0 unspecified atom stereocenters. The summed E-state index contributed by atoms with van der Waals surface area (Å²) in [4.78, 5) is 0. The lowest BCUT2D eigenvalue weighted by atomic mass is 9.87. The van der Waals surface area contributed by atoms with E-state index in [1.54, 1.807) is 0 Å². The summed E-state index contributed by atoms with van der Waals surface area (Å²) in [6.45, 7) is 18.2. The number of nitrogens with zero attached hydrogens (tertiary/aromatic N) is 3. The SMILES string of the molecule is Cc1cccc(C)c1-c1nnc(-c2ccc([Si](C)(C)C)cc2)n1-c1ccc(C(C)(C)C)cc1. The second kappa shape index (κ2) is 8.42. The minimum atomic E-state index is -1.36. The Morgan fingerprint density at radius 1 is 0.697 bits per heavy atom. The molecule has 170 valence electrons. The van der Waals surface area contributed by atoms with E-state index in [-0.39, 0.29) is 5.41 Å². The molecule has 0 saturated carbocycles. The van der Waals surface area contributed by atoms with Gasteiger partial charge in [0.1, 0.15) is 0 Å². The van der Waals surface area contributed by atoms with E-state index in [1.165, 1.54) is 21.9 Å². The van der Waals surface area contributed by atoms with Crippen molar-refractivity contribution in [2.24, 2.45) is 0 Å². The number of hydrogen-bond acceptors (Lipinski definition) is 2. The number of benzene rings is 3. The van der Waals surface area contributed by atoms with Gasteiger partial charge in [-0.2, -0.15) is 0 Å². The van der Waals surface area contributed by atoms with Crippen molar-refractivity contribution in [1.82, 2.24) is 14.8 Å². The topological polar surface area (TPSA) is 30.7 Å². The van der Waals surface area contributed by atoms with Gasteiger partial charge in [0, 0.05) is 16.8 Å². The van der Waals surface area contributed by atoms with Gasteiger partial charge in [0.15, 0.2) is 11.6 Å². The summed E-state index contributed by atoms with van der Waals surface area (Å²) in [6, 6.07) is 24.2. The molecule has 0 aliphatic heterocycles. The van der Waals surface area contributed by atoms with Crippen molar-refractivity contribution < 1.29 is 0 Å². The van der Waals surface area contributed by atoms with Crippen molar-refractivity contribution >= 4 is 13.3 Å². The molecule has 0 saturated heterocycles. The minimum absolute atomic E-state index is 0.108. The average Bonchev–Trinajstić information content (AvgIpc) is 3.17. The highest BCUT2D eigenvalue weighted by molar-refractivity contribution is 6.88. The fraction of sp³-hybridized carbons (Fsp3) is 0.310. The van der Waals surface area contributed by atoms with Crippen molar-refractivity contribution in [1.29, 1.82) is 0 Å². The fourth-order valence-corrected chi connectivity index (χ4v) is 5.44. The van der Waals surface area contributed by atoms with Crippen molar-refractivity contribution in [3.05, 3.63) is 83.4 Å². The van der Waals surface area contributed by atoms with Gasteiger partial charge in [-0.3, -0.25) is 4.57 Å². The Morgan fingerprint density at radius 2 is 1.24 bits per heavy atom. The van der Waals surface area contributed by atoms with Crippen LogP contribution >= 0.6 is 0 Å². The maximum absolute atomic E-state index is 4.72. The monoisotopic (exact) mass is 453 g/mol. The molecule has 1 aromatic heterocycles. The molecule has 0 spiro atoms. The number of aryl methyl sites for hydroxylation is 2. The lowest BCUT2D eigenvalue weighted by Crippen LogP contribution is -2.37. The molecular formula is C29H35N3Si. The molecule has 3 nitrogen and oxygen atoms in total. The van der Waals surface area contributed by atoms with E-state index in [2.05, 4.69) is 126 Å². The van der Waals surface area contributed by atoms with Crippen LogP contribution in [-0.4, -0.2) is 22.8 Å². The first-order valence-electron chi connectivity index (χ1n) is 11.7. The van der Waals surface area contributed by atoms with Gasteiger partial charge in [-0.05, 0) is 48.1 Å². The molecule has 0 amide bonds. The van der Waals surface area contributed by atoms with Crippen LogP contribution in [0.2, 0.25) is 19.6 Å². The predicted octanol–water partition coefficient (Wildman–Crippen LogP) is 7.06. The van der Waals surface area contributed by atoms with E-state index in [1.807, 2.05) is 0 Å². The van der Waals surface area contributed by atoms with Crippen LogP contribution in [0.25, 0.3) is 28.5 Å². The summed E-state index contributed by atoms with van der Waals surface area (Å²) in [5.41, 5.74) is 7.14. The molecule has 0 radical (unpaired) electrons. The minimum Gasteiger partial charge on any atom is -0.275 e. The van der Waals surface area contributed by atoms with Gasteiger partial charge in [-0.1, -0.05) is 100 Å². The first-order valence-corrected chi connectivity index (χ1v) is 15.2. The zero-order valence-electron chi connectivity index (χ0n) is 21.2. The van der Waals surface area contributed by atoms with Crippen molar-refractivity contribution in [2.45, 2.75) is 59.7 Å². The Bertz CT molecular complexity index is 1250. The lowest BCUT2D eigenvalue weighted by molar-refractivity contribution is 0.590. The first-order chi connectivity index (χ1) is 15.5. The summed E-state index contributed by atoms with van der Waals surface area (Å²) in [7, 11) is -1.36. The van der Waals surface area contributed by atoms with Crippen LogP contribution in [-0.2, 0) is 5.41 Å². The van der Waals surface area contributed by atoms with E-state index in [4.69, 9.17) is 10.2 Å².